The first-order valence-electron chi connectivity index (χ1n) is 9.62. The van der Waals surface area contributed by atoms with E-state index in [2.05, 4.69) is 13.8 Å². The topological polar surface area (TPSA) is 60.9 Å². The summed E-state index contributed by atoms with van der Waals surface area (Å²) in [5.74, 6) is 0.785. The number of benzene rings is 1. The highest BCUT2D eigenvalue weighted by Gasteiger charge is 2.42. The number of phenols is 1. The van der Waals surface area contributed by atoms with Gasteiger partial charge in [0, 0.05) is 38.5 Å². The van der Waals surface area contributed by atoms with Crippen molar-refractivity contribution in [2.24, 2.45) is 5.92 Å². The number of carbonyl (C=O) groups excluding carboxylic acids is 2. The SMILES string of the molecule is CC(C)c1cc(C(=O)N2CC[C@H]3[C@H](CC(=O)N3C)C2)c(O)c(C(C)C)c1. The van der Waals surface area contributed by atoms with Crippen molar-refractivity contribution in [2.75, 3.05) is 20.1 Å². The van der Waals surface area contributed by atoms with E-state index in [0.717, 1.165) is 17.5 Å². The zero-order valence-electron chi connectivity index (χ0n) is 16.5. The molecule has 0 radical (unpaired) electrons. The summed E-state index contributed by atoms with van der Waals surface area (Å²) in [7, 11) is 1.86. The number of amides is 2. The third-order valence-corrected chi connectivity index (χ3v) is 5.99. The molecule has 3 rings (SSSR count). The maximum Gasteiger partial charge on any atom is 0.257 e. The fourth-order valence-electron chi connectivity index (χ4n) is 4.25. The summed E-state index contributed by atoms with van der Waals surface area (Å²) in [5, 5.41) is 10.7. The number of fused-ring (bicyclic) bond motifs is 1. The largest absolute Gasteiger partial charge is 0.507 e. The van der Waals surface area contributed by atoms with E-state index in [0.29, 0.717) is 25.1 Å². The molecule has 1 aromatic rings. The van der Waals surface area contributed by atoms with E-state index < -0.39 is 0 Å². The fraction of sp³-hybridized carbons (Fsp3) is 0.619. The Morgan fingerprint density at radius 2 is 1.88 bits per heavy atom. The molecule has 2 fully saturated rings. The zero-order valence-corrected chi connectivity index (χ0v) is 16.5. The first-order chi connectivity index (χ1) is 12.2. The Morgan fingerprint density at radius 1 is 1.19 bits per heavy atom. The van der Waals surface area contributed by atoms with Crippen LogP contribution in [-0.4, -0.2) is 52.9 Å². The van der Waals surface area contributed by atoms with E-state index in [4.69, 9.17) is 0 Å². The van der Waals surface area contributed by atoms with Crippen LogP contribution in [0.3, 0.4) is 0 Å². The van der Waals surface area contributed by atoms with Gasteiger partial charge in [-0.1, -0.05) is 33.8 Å². The maximum absolute atomic E-state index is 13.2. The minimum atomic E-state index is -0.118. The second-order valence-corrected chi connectivity index (χ2v) is 8.39. The molecule has 0 aliphatic carbocycles. The van der Waals surface area contributed by atoms with Crippen molar-refractivity contribution in [3.8, 4) is 5.75 Å². The molecule has 2 aliphatic rings. The Balaban J connectivity index is 1.89. The molecule has 2 aliphatic heterocycles. The average molecular weight is 358 g/mol. The predicted molar refractivity (Wildman–Crippen MR) is 101 cm³/mol. The molecule has 142 valence electrons. The maximum atomic E-state index is 13.2. The van der Waals surface area contributed by atoms with Crippen LogP contribution < -0.4 is 0 Å². The highest BCUT2D eigenvalue weighted by molar-refractivity contribution is 5.97. The molecule has 0 spiro atoms. The van der Waals surface area contributed by atoms with Crippen molar-refractivity contribution in [1.82, 2.24) is 9.80 Å². The molecule has 0 saturated carbocycles. The second kappa shape index (κ2) is 6.93. The third kappa shape index (κ3) is 3.19. The number of rotatable bonds is 3. The van der Waals surface area contributed by atoms with Crippen LogP contribution in [0.25, 0.3) is 0 Å². The highest BCUT2D eigenvalue weighted by atomic mass is 16.3. The molecule has 0 unspecified atom stereocenters. The van der Waals surface area contributed by atoms with Crippen LogP contribution in [-0.2, 0) is 4.79 Å². The van der Waals surface area contributed by atoms with Gasteiger partial charge in [-0.2, -0.15) is 0 Å². The number of phenolic OH excluding ortho intramolecular Hbond substituents is 1. The Hall–Kier alpha value is -2.04. The smallest absolute Gasteiger partial charge is 0.257 e. The van der Waals surface area contributed by atoms with Crippen LogP contribution in [0.5, 0.6) is 5.75 Å². The molecule has 5 heteroatoms. The molecule has 5 nitrogen and oxygen atoms in total. The van der Waals surface area contributed by atoms with Crippen LogP contribution in [0, 0.1) is 5.92 Å². The normalized spacial score (nSPS) is 23.1. The molecule has 2 amide bonds. The van der Waals surface area contributed by atoms with Crippen LogP contribution >= 0.6 is 0 Å². The highest BCUT2D eigenvalue weighted by Crippen LogP contribution is 2.36. The van der Waals surface area contributed by atoms with Gasteiger partial charge in [0.05, 0.1) is 5.56 Å². The van der Waals surface area contributed by atoms with E-state index in [9.17, 15) is 14.7 Å². The monoisotopic (exact) mass is 358 g/mol. The Morgan fingerprint density at radius 3 is 2.50 bits per heavy atom. The number of aromatic hydroxyl groups is 1. The number of nitrogens with zero attached hydrogens (tertiary/aromatic N) is 2. The number of carbonyl (C=O) groups is 2. The molecular weight excluding hydrogens is 328 g/mol. The number of likely N-dealkylation sites (tertiary alicyclic amines) is 2. The van der Waals surface area contributed by atoms with Gasteiger partial charge in [0.2, 0.25) is 5.91 Å². The second-order valence-electron chi connectivity index (χ2n) is 8.39. The van der Waals surface area contributed by atoms with Crippen molar-refractivity contribution in [3.05, 3.63) is 28.8 Å². The van der Waals surface area contributed by atoms with Crippen LogP contribution in [0.1, 0.15) is 73.9 Å². The van der Waals surface area contributed by atoms with Gasteiger partial charge < -0.3 is 14.9 Å². The van der Waals surface area contributed by atoms with Gasteiger partial charge >= 0.3 is 0 Å². The standard InChI is InChI=1S/C21H30N2O3/c1-12(2)14-8-16(13(3)4)20(25)17(9-14)21(26)23-7-6-18-15(11-23)10-19(24)22(18)5/h8-9,12-13,15,18,25H,6-7,10-11H2,1-5H3/t15-,18+/m1/s1. The van der Waals surface area contributed by atoms with Crippen molar-refractivity contribution in [3.63, 3.8) is 0 Å². The fourth-order valence-corrected chi connectivity index (χ4v) is 4.25. The van der Waals surface area contributed by atoms with Crippen molar-refractivity contribution in [2.45, 2.75) is 58.4 Å². The number of hydrogen-bond acceptors (Lipinski definition) is 3. The molecule has 26 heavy (non-hydrogen) atoms. The van der Waals surface area contributed by atoms with Gasteiger partial charge in [0.15, 0.2) is 0 Å². The predicted octanol–water partition coefficient (Wildman–Crippen LogP) is 3.33. The summed E-state index contributed by atoms with van der Waals surface area (Å²) in [6.45, 7) is 9.45. The van der Waals surface area contributed by atoms with Gasteiger partial charge in [-0.15, -0.1) is 0 Å². The quantitative estimate of drug-likeness (QED) is 0.901. The number of hydrogen-bond donors (Lipinski definition) is 1. The third-order valence-electron chi connectivity index (χ3n) is 5.99. The van der Waals surface area contributed by atoms with Crippen molar-refractivity contribution in [1.29, 1.82) is 0 Å². The number of piperidine rings is 1. The molecular formula is C21H30N2O3. The van der Waals surface area contributed by atoms with Gasteiger partial charge in [0.25, 0.3) is 5.91 Å². The van der Waals surface area contributed by atoms with E-state index >= 15 is 0 Å². The van der Waals surface area contributed by atoms with Crippen molar-refractivity contribution >= 4 is 11.8 Å². The zero-order chi connectivity index (χ0) is 19.2. The summed E-state index contributed by atoms with van der Waals surface area (Å²) < 4.78 is 0. The minimum Gasteiger partial charge on any atom is -0.507 e. The van der Waals surface area contributed by atoms with Crippen molar-refractivity contribution < 1.29 is 14.7 Å². The van der Waals surface area contributed by atoms with Crippen LogP contribution in [0.4, 0.5) is 0 Å². The molecule has 0 bridgehead atoms. The Kier molecular flexibility index (Phi) is 5.00. The molecule has 2 saturated heterocycles. The van der Waals surface area contributed by atoms with Gasteiger partial charge in [-0.25, -0.2) is 0 Å². The lowest BCUT2D eigenvalue weighted by Crippen LogP contribution is -2.47. The molecule has 1 N–H and O–H groups in total. The summed E-state index contributed by atoms with van der Waals surface area (Å²) in [5.41, 5.74) is 2.29. The minimum absolute atomic E-state index is 0.108. The van der Waals surface area contributed by atoms with Gasteiger partial charge in [-0.05, 0) is 35.4 Å². The van der Waals surface area contributed by atoms with Gasteiger partial charge in [-0.3, -0.25) is 9.59 Å². The molecule has 1 aromatic carbocycles. The van der Waals surface area contributed by atoms with E-state index in [1.54, 1.807) is 0 Å². The van der Waals surface area contributed by atoms with E-state index in [1.807, 2.05) is 42.8 Å². The first-order valence-corrected chi connectivity index (χ1v) is 9.62. The van der Waals surface area contributed by atoms with Crippen LogP contribution in [0.15, 0.2) is 12.1 Å². The Labute approximate surface area is 156 Å². The summed E-state index contributed by atoms with van der Waals surface area (Å²) in [6.07, 6.45) is 1.32. The molecule has 2 atom stereocenters. The summed E-state index contributed by atoms with van der Waals surface area (Å²) in [4.78, 5) is 28.8. The average Bonchev–Trinajstić information content (AvgIpc) is 2.87. The van der Waals surface area contributed by atoms with E-state index in [-0.39, 0.29) is 41.4 Å². The van der Waals surface area contributed by atoms with Gasteiger partial charge in [0.1, 0.15) is 5.75 Å². The lowest BCUT2D eigenvalue weighted by molar-refractivity contribution is -0.127. The molecule has 0 aromatic heterocycles. The lowest BCUT2D eigenvalue weighted by atomic mass is 9.90. The molecule has 2 heterocycles. The Bertz CT molecular complexity index is 726. The summed E-state index contributed by atoms with van der Waals surface area (Å²) >= 11 is 0. The van der Waals surface area contributed by atoms with E-state index in [1.165, 1.54) is 0 Å². The first kappa shape index (κ1) is 18.7. The lowest BCUT2D eigenvalue weighted by Gasteiger charge is -2.37. The summed E-state index contributed by atoms with van der Waals surface area (Å²) in [6, 6.07) is 4.10. The van der Waals surface area contributed by atoms with Crippen LogP contribution in [0.2, 0.25) is 0 Å².